The molecule has 13 nitrogen and oxygen atoms in total. The molecule has 0 aromatic heterocycles. The van der Waals surface area contributed by atoms with Crippen molar-refractivity contribution in [3.8, 4) is 0 Å². The third-order valence-corrected chi connectivity index (χ3v) is 11.0. The van der Waals surface area contributed by atoms with Gasteiger partial charge in [-0.2, -0.15) is 26.2 Å². The average molecular weight is 609 g/mol. The number of rotatable bonds is 10. The number of alkyl halides is 2. The van der Waals surface area contributed by atoms with Gasteiger partial charge in [0.15, 0.2) is 0 Å². The van der Waals surface area contributed by atoms with Crippen LogP contribution in [0, 0.1) is 11.8 Å². The first kappa shape index (κ1) is 30.6. The van der Waals surface area contributed by atoms with E-state index in [-0.39, 0.29) is 23.4 Å². The number of β-lactam (4-membered cyclic amide) rings is 1. The summed E-state index contributed by atoms with van der Waals surface area (Å²) in [7, 11) is -0.790. The van der Waals surface area contributed by atoms with E-state index in [1.807, 2.05) is 0 Å². The van der Waals surface area contributed by atoms with Crippen LogP contribution < -0.4 is 15.4 Å². The highest BCUT2D eigenvalue weighted by molar-refractivity contribution is 8.03. The van der Waals surface area contributed by atoms with Crippen LogP contribution in [0.5, 0.6) is 0 Å². The molecule has 3 amide bonds. The van der Waals surface area contributed by atoms with Gasteiger partial charge in [-0.3, -0.25) is 14.4 Å². The molecule has 0 aliphatic carbocycles. The van der Waals surface area contributed by atoms with E-state index in [1.165, 1.54) is 37.7 Å². The number of thioether (sulfide) groups is 1. The van der Waals surface area contributed by atoms with Gasteiger partial charge in [0.25, 0.3) is 16.1 Å². The minimum atomic E-state index is -3.63. The minimum Gasteiger partial charge on any atom is -0.477 e. The van der Waals surface area contributed by atoms with Gasteiger partial charge in [-0.25, -0.2) is 4.79 Å². The largest absolute Gasteiger partial charge is 0.477 e. The Kier molecular flexibility index (Phi) is 8.80. The summed E-state index contributed by atoms with van der Waals surface area (Å²) in [6.45, 7) is 4.28. The molecule has 0 unspecified atom stereocenters. The summed E-state index contributed by atoms with van der Waals surface area (Å²) in [5.41, 5.74) is -0.151. The molecule has 17 heteroatoms. The summed E-state index contributed by atoms with van der Waals surface area (Å²) in [5.74, 6) is -4.73. The molecule has 4 N–H and O–H groups in total. The van der Waals surface area contributed by atoms with Gasteiger partial charge in [-0.1, -0.05) is 6.92 Å². The van der Waals surface area contributed by atoms with Crippen molar-refractivity contribution in [3.05, 3.63) is 10.6 Å². The molecule has 4 aliphatic rings. The maximum absolute atomic E-state index is 13.1. The Bertz CT molecular complexity index is 1220. The van der Waals surface area contributed by atoms with Crippen LogP contribution in [0.2, 0.25) is 0 Å². The first-order valence-electron chi connectivity index (χ1n) is 12.9. The standard InChI is InChI=1S/C23H34F2N6O7S2/c1-10-16-15(11(2)27-20(32)19(24)25)22(34)31(16)17(23(35)36)18(10)39-13-7-14(26-8-13)21(33)30-6-5-12(9-30)28-40(37,38)29(3)4/h10-16,19,26,28H,5-9H2,1-4H3,(H,27,32)(H,35,36)/t10-,11-,12+,13+,14+,15-,16-/m1/s1. The first-order valence-corrected chi connectivity index (χ1v) is 15.2. The molecule has 224 valence electrons. The number of likely N-dealkylation sites (tertiary alicyclic amines) is 1. The lowest BCUT2D eigenvalue weighted by molar-refractivity contribution is -0.159. The number of halogens is 2. The highest BCUT2D eigenvalue weighted by Crippen LogP contribution is 2.51. The number of hydrogen-bond donors (Lipinski definition) is 4. The van der Waals surface area contributed by atoms with Crippen LogP contribution in [0.3, 0.4) is 0 Å². The second kappa shape index (κ2) is 11.5. The van der Waals surface area contributed by atoms with E-state index >= 15 is 0 Å². The number of carboxylic acids is 1. The molecule has 7 atom stereocenters. The normalized spacial score (nSPS) is 31.1. The maximum atomic E-state index is 13.1. The molecule has 4 rings (SSSR count). The Morgan fingerprint density at radius 3 is 2.52 bits per heavy atom. The Morgan fingerprint density at radius 1 is 1.25 bits per heavy atom. The van der Waals surface area contributed by atoms with Gasteiger partial charge in [0.1, 0.15) is 5.70 Å². The number of fused-ring (bicyclic) bond motifs is 1. The van der Waals surface area contributed by atoms with Gasteiger partial charge in [-0.05, 0) is 19.8 Å². The van der Waals surface area contributed by atoms with Crippen LogP contribution in [0.25, 0.3) is 0 Å². The molecule has 3 saturated heterocycles. The van der Waals surface area contributed by atoms with Crippen molar-refractivity contribution < 1.29 is 41.5 Å². The summed E-state index contributed by atoms with van der Waals surface area (Å²) in [5, 5.41) is 15.1. The minimum absolute atomic E-state index is 0.151. The maximum Gasteiger partial charge on any atom is 0.353 e. The van der Waals surface area contributed by atoms with E-state index in [0.717, 1.165) is 4.31 Å². The van der Waals surface area contributed by atoms with E-state index in [2.05, 4.69) is 15.4 Å². The lowest BCUT2D eigenvalue weighted by atomic mass is 9.78. The molecule has 4 aliphatic heterocycles. The number of hydrogen-bond acceptors (Lipinski definition) is 8. The van der Waals surface area contributed by atoms with Crippen molar-refractivity contribution in [2.45, 2.75) is 62.5 Å². The van der Waals surface area contributed by atoms with E-state index in [0.29, 0.717) is 30.8 Å². The second-order valence-corrected chi connectivity index (χ2v) is 14.0. The van der Waals surface area contributed by atoms with Gasteiger partial charge in [0, 0.05) is 61.9 Å². The summed E-state index contributed by atoms with van der Waals surface area (Å²) in [4.78, 5) is 52.9. The van der Waals surface area contributed by atoms with Crippen LogP contribution in [-0.4, -0.2) is 121 Å². The molecular formula is C23H34F2N6O7S2. The zero-order valence-corrected chi connectivity index (χ0v) is 24.1. The average Bonchev–Trinajstić information content (AvgIpc) is 3.57. The van der Waals surface area contributed by atoms with E-state index in [4.69, 9.17) is 0 Å². The number of carbonyl (C=O) groups excluding carboxylic acids is 3. The van der Waals surface area contributed by atoms with Gasteiger partial charge in [0.2, 0.25) is 11.8 Å². The van der Waals surface area contributed by atoms with Crippen LogP contribution in [0.1, 0.15) is 26.7 Å². The van der Waals surface area contributed by atoms with Crippen molar-refractivity contribution in [1.29, 1.82) is 0 Å². The van der Waals surface area contributed by atoms with E-state index < -0.39 is 70.4 Å². The number of carbonyl (C=O) groups is 4. The van der Waals surface area contributed by atoms with Gasteiger partial charge in [0.05, 0.1) is 18.0 Å². The highest BCUT2D eigenvalue weighted by Gasteiger charge is 2.60. The number of nitrogens with one attached hydrogen (secondary N) is 3. The predicted molar refractivity (Wildman–Crippen MR) is 140 cm³/mol. The molecule has 0 radical (unpaired) electrons. The zero-order valence-electron chi connectivity index (χ0n) is 22.5. The van der Waals surface area contributed by atoms with Crippen LogP contribution >= 0.6 is 11.8 Å². The lowest BCUT2D eigenvalue weighted by Gasteiger charge is -2.47. The third kappa shape index (κ3) is 5.70. The van der Waals surface area contributed by atoms with E-state index in [1.54, 1.807) is 11.8 Å². The second-order valence-electron chi connectivity index (χ2n) is 10.7. The Balaban J connectivity index is 1.38. The molecule has 0 aromatic carbocycles. The summed E-state index contributed by atoms with van der Waals surface area (Å²) in [6, 6.07) is -2.41. The summed E-state index contributed by atoms with van der Waals surface area (Å²) >= 11 is 1.28. The van der Waals surface area contributed by atoms with Crippen molar-refractivity contribution in [2.24, 2.45) is 11.8 Å². The summed E-state index contributed by atoms with van der Waals surface area (Å²) in [6.07, 6.45) is -2.34. The van der Waals surface area contributed by atoms with Crippen molar-refractivity contribution in [3.63, 3.8) is 0 Å². The fourth-order valence-corrected chi connectivity index (χ4v) is 8.13. The first-order chi connectivity index (χ1) is 18.6. The van der Waals surface area contributed by atoms with Crippen molar-refractivity contribution in [1.82, 2.24) is 29.5 Å². The molecule has 4 heterocycles. The molecule has 0 bridgehead atoms. The smallest absolute Gasteiger partial charge is 0.353 e. The van der Waals surface area contributed by atoms with Gasteiger partial charge < -0.3 is 25.5 Å². The van der Waals surface area contributed by atoms with Crippen LogP contribution in [-0.2, 0) is 29.4 Å². The van der Waals surface area contributed by atoms with Crippen LogP contribution in [0.4, 0.5) is 8.78 Å². The molecule has 40 heavy (non-hydrogen) atoms. The topological polar surface area (TPSA) is 168 Å². The Labute approximate surface area is 235 Å². The fraction of sp³-hybridized carbons (Fsp3) is 0.739. The van der Waals surface area contributed by atoms with E-state index in [9.17, 15) is 41.5 Å². The van der Waals surface area contributed by atoms with Gasteiger partial charge >= 0.3 is 12.4 Å². The van der Waals surface area contributed by atoms with Gasteiger partial charge in [-0.15, -0.1) is 11.8 Å². The Hall–Kier alpha value is -2.34. The molecule has 0 saturated carbocycles. The fourth-order valence-electron chi connectivity index (χ4n) is 5.83. The lowest BCUT2D eigenvalue weighted by Crippen LogP contribution is -2.66. The highest BCUT2D eigenvalue weighted by atomic mass is 32.2. The number of carboxylic acid groups (broad SMARTS) is 1. The van der Waals surface area contributed by atoms with Crippen LogP contribution in [0.15, 0.2) is 10.6 Å². The summed E-state index contributed by atoms with van der Waals surface area (Å²) < 4.78 is 53.3. The Morgan fingerprint density at radius 2 is 1.93 bits per heavy atom. The third-order valence-electron chi connectivity index (χ3n) is 7.88. The molecule has 0 spiro atoms. The predicted octanol–water partition coefficient (Wildman–Crippen LogP) is -1.01. The monoisotopic (exact) mass is 608 g/mol. The molecule has 3 fully saturated rings. The number of amides is 3. The zero-order chi connectivity index (χ0) is 29.7. The van der Waals surface area contributed by atoms with Crippen molar-refractivity contribution >= 4 is 45.7 Å². The van der Waals surface area contributed by atoms with Crippen molar-refractivity contribution in [2.75, 3.05) is 33.7 Å². The SMILES string of the molecule is C[C@@H](NC(=O)C(F)F)[C@H]1C(=O)N2C(C(=O)O)=C(S[C@@H]3CN[C@H](C(=O)N4CC[C@H](NS(=O)(=O)N(C)C)C4)C3)[C@H](C)[C@H]12. The molecule has 0 aromatic rings. The number of aliphatic carboxylic acids is 1. The molecular weight excluding hydrogens is 574 g/mol. The quantitative estimate of drug-likeness (QED) is 0.227. The number of nitrogens with zero attached hydrogens (tertiary/aromatic N) is 3.